The lowest BCUT2D eigenvalue weighted by atomic mass is 10.1. The van der Waals surface area contributed by atoms with Crippen molar-refractivity contribution in [3.05, 3.63) is 47.2 Å². The van der Waals surface area contributed by atoms with Crippen LogP contribution in [0, 0.1) is 0 Å². The van der Waals surface area contributed by atoms with Crippen LogP contribution in [0.3, 0.4) is 0 Å². The molecule has 0 saturated carbocycles. The fraction of sp³-hybridized carbons (Fsp3) is 0.385. The van der Waals surface area contributed by atoms with E-state index in [0.717, 1.165) is 24.1 Å². The highest BCUT2D eigenvalue weighted by Crippen LogP contribution is 2.25. The minimum absolute atomic E-state index is 0.181. The van der Waals surface area contributed by atoms with Crippen LogP contribution in [0.5, 0.6) is 0 Å². The maximum atomic E-state index is 13.0. The minimum Gasteiger partial charge on any atom is -0.492 e. The molecule has 1 unspecified atom stereocenters. The van der Waals surface area contributed by atoms with E-state index in [4.69, 9.17) is 22.1 Å². The fourth-order valence-corrected chi connectivity index (χ4v) is 2.13. The van der Waals surface area contributed by atoms with Crippen molar-refractivity contribution in [3.8, 4) is 0 Å². The molecule has 4 heteroatoms. The second-order valence-electron chi connectivity index (χ2n) is 4.20. The van der Waals surface area contributed by atoms with E-state index in [1.165, 1.54) is 6.08 Å². The van der Waals surface area contributed by atoms with E-state index in [0.29, 0.717) is 18.8 Å². The first-order chi connectivity index (χ1) is 8.15. The van der Waals surface area contributed by atoms with E-state index < -0.39 is 0 Å². The number of nitrogens with two attached hydrogens (primary N) is 1. The highest BCUT2D eigenvalue weighted by Gasteiger charge is 2.17. The summed E-state index contributed by atoms with van der Waals surface area (Å²) in [5.41, 5.74) is 7.36. The van der Waals surface area contributed by atoms with Crippen LogP contribution in [0.1, 0.15) is 19.3 Å². The van der Waals surface area contributed by atoms with E-state index in [2.05, 4.69) is 0 Å². The van der Waals surface area contributed by atoms with Crippen molar-refractivity contribution in [2.24, 2.45) is 5.73 Å². The summed E-state index contributed by atoms with van der Waals surface area (Å²) in [7, 11) is 0. The third kappa shape index (κ3) is 3.37. The Morgan fingerprint density at radius 2 is 2.29 bits per heavy atom. The lowest BCUT2D eigenvalue weighted by Gasteiger charge is -2.20. The smallest absolute Gasteiger partial charge is 0.119 e. The number of alkyl halides is 1. The molecule has 0 aliphatic heterocycles. The molecular formula is C13H15ClFNO. The van der Waals surface area contributed by atoms with Crippen LogP contribution in [0.4, 0.5) is 4.39 Å². The zero-order valence-electron chi connectivity index (χ0n) is 9.46. The third-order valence-corrected chi connectivity index (χ3v) is 3.13. The number of allylic oxidation sites excluding steroid dienone is 7. The molecule has 0 radical (unpaired) electrons. The molecule has 2 aliphatic rings. The van der Waals surface area contributed by atoms with Crippen LogP contribution >= 0.6 is 11.6 Å². The quantitative estimate of drug-likeness (QED) is 0.786. The number of hydrogen-bond donors (Lipinski definition) is 1. The second kappa shape index (κ2) is 5.41. The Bertz CT molecular complexity index is 423. The van der Waals surface area contributed by atoms with Gasteiger partial charge in [-0.2, -0.15) is 0 Å². The van der Waals surface area contributed by atoms with Gasteiger partial charge in [-0.05, 0) is 42.7 Å². The monoisotopic (exact) mass is 255 g/mol. The van der Waals surface area contributed by atoms with Crippen molar-refractivity contribution < 1.29 is 9.13 Å². The van der Waals surface area contributed by atoms with Crippen LogP contribution in [0.25, 0.3) is 0 Å². The van der Waals surface area contributed by atoms with Gasteiger partial charge < -0.3 is 10.5 Å². The first-order valence-corrected chi connectivity index (χ1v) is 6.07. The Labute approximate surface area is 105 Å². The Kier molecular flexibility index (Phi) is 3.89. The molecule has 0 aromatic rings. The number of hydrogen-bond acceptors (Lipinski definition) is 2. The standard InChI is InChI=1S/C13H15ClFNO/c14-12-7-11(16)4-5-13(12)17-8-9-2-1-3-10(15)6-9/h3-6,12H,1-2,7-8,16H2. The summed E-state index contributed by atoms with van der Waals surface area (Å²) in [5, 5.41) is -0.218. The van der Waals surface area contributed by atoms with Crippen LogP contribution in [-0.2, 0) is 4.74 Å². The van der Waals surface area contributed by atoms with E-state index in [1.807, 2.05) is 0 Å². The van der Waals surface area contributed by atoms with Gasteiger partial charge in [0.05, 0.1) is 5.38 Å². The van der Waals surface area contributed by atoms with Crippen molar-refractivity contribution in [3.63, 3.8) is 0 Å². The molecule has 92 valence electrons. The fourth-order valence-electron chi connectivity index (χ4n) is 1.82. The van der Waals surface area contributed by atoms with Gasteiger partial charge in [-0.25, -0.2) is 4.39 Å². The van der Waals surface area contributed by atoms with Gasteiger partial charge >= 0.3 is 0 Å². The van der Waals surface area contributed by atoms with Gasteiger partial charge in [0.1, 0.15) is 18.2 Å². The molecule has 0 aromatic heterocycles. The van der Waals surface area contributed by atoms with Gasteiger partial charge in [-0.15, -0.1) is 11.6 Å². The topological polar surface area (TPSA) is 35.2 Å². The molecule has 0 fully saturated rings. The van der Waals surface area contributed by atoms with Gasteiger partial charge in [0.2, 0.25) is 0 Å². The summed E-state index contributed by atoms with van der Waals surface area (Å²) < 4.78 is 18.6. The highest BCUT2D eigenvalue weighted by atomic mass is 35.5. The zero-order valence-corrected chi connectivity index (χ0v) is 10.2. The molecule has 0 amide bonds. The van der Waals surface area contributed by atoms with E-state index in [9.17, 15) is 4.39 Å². The molecular weight excluding hydrogens is 241 g/mol. The largest absolute Gasteiger partial charge is 0.492 e. The van der Waals surface area contributed by atoms with Crippen LogP contribution in [0.2, 0.25) is 0 Å². The number of ether oxygens (including phenoxy) is 1. The van der Waals surface area contributed by atoms with Gasteiger partial charge in [-0.3, -0.25) is 0 Å². The van der Waals surface area contributed by atoms with Gasteiger partial charge in [-0.1, -0.05) is 0 Å². The molecule has 0 heterocycles. The van der Waals surface area contributed by atoms with Crippen LogP contribution in [-0.4, -0.2) is 12.0 Å². The Morgan fingerprint density at radius 1 is 1.47 bits per heavy atom. The molecule has 0 aromatic carbocycles. The number of halogens is 2. The summed E-state index contributed by atoms with van der Waals surface area (Å²) in [6.45, 7) is 0.393. The predicted molar refractivity (Wildman–Crippen MR) is 67.1 cm³/mol. The first-order valence-electron chi connectivity index (χ1n) is 5.63. The average Bonchev–Trinajstić information content (AvgIpc) is 2.28. The molecule has 2 aliphatic carbocycles. The molecule has 2 N–H and O–H groups in total. The Balaban J connectivity index is 1.92. The highest BCUT2D eigenvalue weighted by molar-refractivity contribution is 6.22. The van der Waals surface area contributed by atoms with Crippen molar-refractivity contribution in [1.82, 2.24) is 0 Å². The van der Waals surface area contributed by atoms with E-state index in [1.54, 1.807) is 18.2 Å². The second-order valence-corrected chi connectivity index (χ2v) is 4.73. The van der Waals surface area contributed by atoms with Crippen LogP contribution < -0.4 is 5.73 Å². The predicted octanol–water partition coefficient (Wildman–Crippen LogP) is 3.31. The lowest BCUT2D eigenvalue weighted by Crippen LogP contribution is -2.16. The molecule has 17 heavy (non-hydrogen) atoms. The average molecular weight is 256 g/mol. The number of rotatable bonds is 3. The summed E-state index contributed by atoms with van der Waals surface area (Å²) in [6.07, 6.45) is 8.86. The van der Waals surface area contributed by atoms with Crippen molar-refractivity contribution in [1.29, 1.82) is 0 Å². The Hall–Kier alpha value is -1.22. The molecule has 1 atom stereocenters. The molecule has 2 nitrogen and oxygen atoms in total. The van der Waals surface area contributed by atoms with Crippen LogP contribution in [0.15, 0.2) is 47.2 Å². The summed E-state index contributed by atoms with van der Waals surface area (Å²) in [4.78, 5) is 0. The normalized spacial score (nSPS) is 24.5. The molecule has 2 rings (SSSR count). The van der Waals surface area contributed by atoms with Crippen molar-refractivity contribution in [2.75, 3.05) is 6.61 Å². The van der Waals surface area contributed by atoms with E-state index in [-0.39, 0.29) is 11.2 Å². The lowest BCUT2D eigenvalue weighted by molar-refractivity contribution is 0.225. The summed E-state index contributed by atoms with van der Waals surface area (Å²) >= 11 is 6.10. The van der Waals surface area contributed by atoms with Gasteiger partial charge in [0.15, 0.2) is 0 Å². The summed E-state index contributed by atoms with van der Waals surface area (Å²) in [6, 6.07) is 0. The first kappa shape index (κ1) is 12.2. The molecule has 0 spiro atoms. The SMILES string of the molecule is NC1=CC=C(OCC2=CC(F)=CCC2)C(Cl)C1. The Morgan fingerprint density at radius 3 is 3.00 bits per heavy atom. The van der Waals surface area contributed by atoms with Gasteiger partial charge in [0.25, 0.3) is 0 Å². The van der Waals surface area contributed by atoms with Crippen molar-refractivity contribution >= 4 is 11.6 Å². The maximum absolute atomic E-state index is 13.0. The third-order valence-electron chi connectivity index (χ3n) is 2.76. The van der Waals surface area contributed by atoms with Crippen molar-refractivity contribution in [2.45, 2.75) is 24.6 Å². The molecule has 0 bridgehead atoms. The molecule has 0 saturated heterocycles. The van der Waals surface area contributed by atoms with Gasteiger partial charge in [0, 0.05) is 12.1 Å². The van der Waals surface area contributed by atoms with E-state index >= 15 is 0 Å². The summed E-state index contributed by atoms with van der Waals surface area (Å²) in [5.74, 6) is 0.524. The minimum atomic E-state index is -0.218. The zero-order chi connectivity index (χ0) is 12.3. The maximum Gasteiger partial charge on any atom is 0.119 e.